The monoisotopic (exact) mass is 264 g/mol. The summed E-state index contributed by atoms with van der Waals surface area (Å²) in [7, 11) is 0. The second kappa shape index (κ2) is 6.04. The molecule has 1 aromatic rings. The SMILES string of the molecule is CC1CN(C(=O)OCc2ccccc2)CC(O)C1N. The molecule has 1 aliphatic rings. The summed E-state index contributed by atoms with van der Waals surface area (Å²) in [6.45, 7) is 2.92. The van der Waals surface area contributed by atoms with Crippen molar-refractivity contribution in [2.75, 3.05) is 13.1 Å². The van der Waals surface area contributed by atoms with Crippen molar-refractivity contribution in [3.8, 4) is 0 Å². The first kappa shape index (κ1) is 13.8. The van der Waals surface area contributed by atoms with Crippen LogP contribution in [0, 0.1) is 5.92 Å². The van der Waals surface area contributed by atoms with Gasteiger partial charge in [0.05, 0.1) is 12.6 Å². The Hall–Kier alpha value is -1.59. The summed E-state index contributed by atoms with van der Waals surface area (Å²) in [6, 6.07) is 9.23. The van der Waals surface area contributed by atoms with Crippen LogP contribution in [0.3, 0.4) is 0 Å². The number of hydrogen-bond donors (Lipinski definition) is 2. The van der Waals surface area contributed by atoms with Crippen LogP contribution in [0.1, 0.15) is 12.5 Å². The molecular weight excluding hydrogens is 244 g/mol. The fourth-order valence-corrected chi connectivity index (χ4v) is 2.23. The molecule has 3 unspecified atom stereocenters. The second-order valence-corrected chi connectivity index (χ2v) is 5.07. The van der Waals surface area contributed by atoms with Gasteiger partial charge in [0.1, 0.15) is 6.61 Å². The van der Waals surface area contributed by atoms with Gasteiger partial charge >= 0.3 is 6.09 Å². The van der Waals surface area contributed by atoms with Crippen molar-refractivity contribution in [1.29, 1.82) is 0 Å². The lowest BCUT2D eigenvalue weighted by molar-refractivity contribution is 0.0160. The van der Waals surface area contributed by atoms with Crippen molar-refractivity contribution in [2.45, 2.75) is 25.7 Å². The fraction of sp³-hybridized carbons (Fsp3) is 0.500. The minimum Gasteiger partial charge on any atom is -0.445 e. The van der Waals surface area contributed by atoms with Crippen LogP contribution in [0.4, 0.5) is 4.79 Å². The Bertz CT molecular complexity index is 412. The number of nitrogens with zero attached hydrogens (tertiary/aromatic N) is 1. The molecule has 1 amide bonds. The Balaban J connectivity index is 1.87. The third-order valence-corrected chi connectivity index (χ3v) is 3.48. The van der Waals surface area contributed by atoms with Gasteiger partial charge in [0, 0.05) is 12.6 Å². The van der Waals surface area contributed by atoms with Crippen LogP contribution < -0.4 is 5.73 Å². The van der Waals surface area contributed by atoms with Crippen LogP contribution in [0.5, 0.6) is 0 Å². The lowest BCUT2D eigenvalue weighted by Gasteiger charge is -2.37. The number of aliphatic hydroxyl groups excluding tert-OH is 1. The van der Waals surface area contributed by atoms with Crippen LogP contribution in [-0.4, -0.2) is 41.3 Å². The summed E-state index contributed by atoms with van der Waals surface area (Å²) in [5.74, 6) is 0.0630. The first-order valence-electron chi connectivity index (χ1n) is 6.47. The van der Waals surface area contributed by atoms with Crippen LogP contribution in [0.2, 0.25) is 0 Å². The van der Waals surface area contributed by atoms with E-state index in [4.69, 9.17) is 10.5 Å². The Morgan fingerprint density at radius 3 is 2.74 bits per heavy atom. The highest BCUT2D eigenvalue weighted by molar-refractivity contribution is 5.67. The molecule has 1 fully saturated rings. The molecule has 0 bridgehead atoms. The van der Waals surface area contributed by atoms with E-state index in [0.717, 1.165) is 5.56 Å². The summed E-state index contributed by atoms with van der Waals surface area (Å²) >= 11 is 0. The van der Waals surface area contributed by atoms with Crippen molar-refractivity contribution in [2.24, 2.45) is 11.7 Å². The molecule has 0 radical (unpaired) electrons. The average molecular weight is 264 g/mol. The van der Waals surface area contributed by atoms with Crippen molar-refractivity contribution in [3.63, 3.8) is 0 Å². The van der Waals surface area contributed by atoms with Gasteiger partial charge in [-0.2, -0.15) is 0 Å². The van der Waals surface area contributed by atoms with E-state index in [1.54, 1.807) is 0 Å². The zero-order valence-corrected chi connectivity index (χ0v) is 11.0. The number of rotatable bonds is 2. The van der Waals surface area contributed by atoms with E-state index >= 15 is 0 Å². The first-order chi connectivity index (χ1) is 9.08. The number of β-amino-alcohol motifs (C(OH)–C–C–N with tert-alkyl or cyclic N) is 1. The number of ether oxygens (including phenoxy) is 1. The summed E-state index contributed by atoms with van der Waals surface area (Å²) in [4.78, 5) is 13.4. The molecule has 1 aromatic carbocycles. The highest BCUT2D eigenvalue weighted by Crippen LogP contribution is 2.16. The Labute approximate surface area is 113 Å². The number of carbonyl (C=O) groups excluding carboxylic acids is 1. The zero-order chi connectivity index (χ0) is 13.8. The maximum absolute atomic E-state index is 11.9. The Morgan fingerprint density at radius 2 is 2.11 bits per heavy atom. The van der Waals surface area contributed by atoms with Gasteiger partial charge in [0.15, 0.2) is 0 Å². The van der Waals surface area contributed by atoms with E-state index in [-0.39, 0.29) is 25.1 Å². The quantitative estimate of drug-likeness (QED) is 0.834. The highest BCUT2D eigenvalue weighted by Gasteiger charge is 2.33. The molecule has 104 valence electrons. The summed E-state index contributed by atoms with van der Waals surface area (Å²) in [5.41, 5.74) is 6.76. The molecule has 3 atom stereocenters. The van der Waals surface area contributed by atoms with Gasteiger partial charge in [-0.25, -0.2) is 4.79 Å². The summed E-state index contributed by atoms with van der Waals surface area (Å²) in [6.07, 6.45) is -1.09. The number of aliphatic hydroxyl groups is 1. The zero-order valence-electron chi connectivity index (χ0n) is 11.0. The van der Waals surface area contributed by atoms with Gasteiger partial charge < -0.3 is 20.5 Å². The lowest BCUT2D eigenvalue weighted by atomic mass is 9.93. The van der Waals surface area contributed by atoms with Crippen LogP contribution >= 0.6 is 0 Å². The number of likely N-dealkylation sites (tertiary alicyclic amines) is 1. The number of amides is 1. The molecular formula is C14H20N2O3. The molecule has 19 heavy (non-hydrogen) atoms. The number of hydrogen-bond acceptors (Lipinski definition) is 4. The van der Waals surface area contributed by atoms with Crippen LogP contribution in [0.25, 0.3) is 0 Å². The van der Waals surface area contributed by atoms with Gasteiger partial charge in [0.25, 0.3) is 0 Å². The molecule has 1 aliphatic heterocycles. The van der Waals surface area contributed by atoms with Crippen molar-refractivity contribution >= 4 is 6.09 Å². The van der Waals surface area contributed by atoms with E-state index < -0.39 is 12.2 Å². The Morgan fingerprint density at radius 1 is 1.42 bits per heavy atom. The van der Waals surface area contributed by atoms with E-state index in [0.29, 0.717) is 6.54 Å². The summed E-state index contributed by atoms with van der Waals surface area (Å²) < 4.78 is 5.23. The molecule has 2 rings (SSSR count). The molecule has 0 aliphatic carbocycles. The normalized spacial score (nSPS) is 27.1. The van der Waals surface area contributed by atoms with Crippen molar-refractivity contribution < 1.29 is 14.6 Å². The average Bonchev–Trinajstić information content (AvgIpc) is 2.42. The van der Waals surface area contributed by atoms with Crippen LogP contribution in [-0.2, 0) is 11.3 Å². The highest BCUT2D eigenvalue weighted by atomic mass is 16.6. The molecule has 3 N–H and O–H groups in total. The van der Waals surface area contributed by atoms with Crippen molar-refractivity contribution in [1.82, 2.24) is 4.90 Å². The number of piperidine rings is 1. The van der Waals surface area contributed by atoms with E-state index in [9.17, 15) is 9.90 Å². The van der Waals surface area contributed by atoms with Gasteiger partial charge in [-0.05, 0) is 11.5 Å². The van der Waals surface area contributed by atoms with Gasteiger partial charge in [-0.15, -0.1) is 0 Å². The van der Waals surface area contributed by atoms with Gasteiger partial charge in [-0.1, -0.05) is 37.3 Å². The predicted octanol–water partition coefficient (Wildman–Crippen LogP) is 0.963. The first-order valence-corrected chi connectivity index (χ1v) is 6.47. The van der Waals surface area contributed by atoms with Crippen LogP contribution in [0.15, 0.2) is 30.3 Å². The van der Waals surface area contributed by atoms with Crippen molar-refractivity contribution in [3.05, 3.63) is 35.9 Å². The molecule has 0 aromatic heterocycles. The third kappa shape index (κ3) is 3.45. The Kier molecular flexibility index (Phi) is 4.39. The maximum Gasteiger partial charge on any atom is 0.410 e. The summed E-state index contributed by atoms with van der Waals surface area (Å²) in [5, 5.41) is 9.78. The molecule has 0 spiro atoms. The standard InChI is InChI=1S/C14H20N2O3/c1-10-7-16(8-12(17)13(10)15)14(18)19-9-11-5-3-2-4-6-11/h2-6,10,12-13,17H,7-9,15H2,1H3. The number of nitrogens with two attached hydrogens (primary N) is 1. The van der Waals surface area contributed by atoms with Gasteiger partial charge in [0.2, 0.25) is 0 Å². The van der Waals surface area contributed by atoms with Gasteiger partial charge in [-0.3, -0.25) is 0 Å². The predicted molar refractivity (Wildman–Crippen MR) is 71.3 cm³/mol. The minimum atomic E-state index is -0.687. The molecule has 5 nitrogen and oxygen atoms in total. The topological polar surface area (TPSA) is 75.8 Å². The van der Waals surface area contributed by atoms with E-state index in [1.165, 1.54) is 4.90 Å². The minimum absolute atomic E-state index is 0.0630. The van der Waals surface area contributed by atoms with E-state index in [2.05, 4.69) is 0 Å². The number of benzene rings is 1. The molecule has 5 heteroatoms. The molecule has 0 saturated carbocycles. The largest absolute Gasteiger partial charge is 0.445 e. The third-order valence-electron chi connectivity index (χ3n) is 3.48. The lowest BCUT2D eigenvalue weighted by Crippen LogP contribution is -2.56. The fourth-order valence-electron chi connectivity index (χ4n) is 2.23. The number of carbonyl (C=O) groups is 1. The molecule has 1 heterocycles. The molecule has 1 saturated heterocycles. The van der Waals surface area contributed by atoms with E-state index in [1.807, 2.05) is 37.3 Å². The smallest absolute Gasteiger partial charge is 0.410 e. The second-order valence-electron chi connectivity index (χ2n) is 5.07. The maximum atomic E-state index is 11.9.